The second kappa shape index (κ2) is 6.55. The van der Waals surface area contributed by atoms with E-state index in [9.17, 15) is 0 Å². The van der Waals surface area contributed by atoms with Crippen molar-refractivity contribution in [1.82, 2.24) is 15.5 Å². The molecule has 1 N–H and O–H groups in total. The molecule has 17 heavy (non-hydrogen) atoms. The highest BCUT2D eigenvalue weighted by molar-refractivity contribution is 9.11. The van der Waals surface area contributed by atoms with E-state index in [1.165, 1.54) is 0 Å². The fraction of sp³-hybridized carbons (Fsp3) is 0.400. The minimum absolute atomic E-state index is 0.712. The van der Waals surface area contributed by atoms with Crippen LogP contribution in [-0.4, -0.2) is 30.5 Å². The van der Waals surface area contributed by atoms with Crippen LogP contribution in [-0.2, 0) is 11.3 Å². The van der Waals surface area contributed by atoms with Gasteiger partial charge < -0.3 is 10.1 Å². The lowest BCUT2D eigenvalue weighted by Crippen LogP contribution is -2.18. The summed E-state index contributed by atoms with van der Waals surface area (Å²) in [7, 11) is 1.69. The number of aromatic nitrogens is 2. The van der Waals surface area contributed by atoms with Crippen LogP contribution in [0.5, 0.6) is 0 Å². The second-order valence-electron chi connectivity index (χ2n) is 3.27. The molecule has 0 aliphatic rings. The normalized spacial score (nSPS) is 10.9. The zero-order chi connectivity index (χ0) is 12.1. The van der Waals surface area contributed by atoms with Gasteiger partial charge in [0.05, 0.1) is 15.3 Å². The van der Waals surface area contributed by atoms with Gasteiger partial charge in [-0.1, -0.05) is 11.3 Å². The number of thiophene rings is 1. The van der Waals surface area contributed by atoms with Crippen molar-refractivity contribution in [3.63, 3.8) is 0 Å². The van der Waals surface area contributed by atoms with Gasteiger partial charge in [0.2, 0.25) is 0 Å². The molecule has 0 saturated heterocycles. The Balaban J connectivity index is 1.92. The molecule has 92 valence electrons. The summed E-state index contributed by atoms with van der Waals surface area (Å²) in [4.78, 5) is 1.15. The Morgan fingerprint density at radius 3 is 2.94 bits per heavy atom. The minimum atomic E-state index is 0.712. The highest BCUT2D eigenvalue weighted by Gasteiger charge is 2.08. The van der Waals surface area contributed by atoms with Crippen molar-refractivity contribution in [2.75, 3.05) is 20.3 Å². The molecule has 0 aromatic carbocycles. The summed E-state index contributed by atoms with van der Waals surface area (Å²) in [5.74, 6) is 0. The Morgan fingerprint density at radius 2 is 2.24 bits per heavy atom. The molecule has 0 fully saturated rings. The van der Waals surface area contributed by atoms with Crippen molar-refractivity contribution in [3.8, 4) is 9.88 Å². The predicted molar refractivity (Wildman–Crippen MR) is 74.5 cm³/mol. The van der Waals surface area contributed by atoms with Crippen LogP contribution in [0.4, 0.5) is 0 Å². The van der Waals surface area contributed by atoms with Crippen LogP contribution in [0.3, 0.4) is 0 Å². The lowest BCUT2D eigenvalue weighted by molar-refractivity contribution is 0.199. The molecule has 0 aliphatic carbocycles. The van der Waals surface area contributed by atoms with Gasteiger partial charge in [0, 0.05) is 20.2 Å². The fourth-order valence-corrected chi connectivity index (χ4v) is 3.47. The zero-order valence-corrected chi connectivity index (χ0v) is 12.5. The van der Waals surface area contributed by atoms with Crippen molar-refractivity contribution < 1.29 is 4.74 Å². The maximum atomic E-state index is 4.96. The molecule has 0 aliphatic heterocycles. The van der Waals surface area contributed by atoms with Crippen molar-refractivity contribution in [3.05, 3.63) is 20.9 Å². The SMILES string of the molecule is COCCNCc1nnc(-c2ccc(Br)s2)s1. The van der Waals surface area contributed by atoms with Gasteiger partial charge in [-0.05, 0) is 28.1 Å². The van der Waals surface area contributed by atoms with Gasteiger partial charge in [0.15, 0.2) is 5.01 Å². The molecule has 0 radical (unpaired) electrons. The smallest absolute Gasteiger partial charge is 0.157 e. The first kappa shape index (κ1) is 13.1. The summed E-state index contributed by atoms with van der Waals surface area (Å²) in [6.45, 7) is 2.28. The maximum Gasteiger partial charge on any atom is 0.157 e. The van der Waals surface area contributed by atoms with E-state index in [-0.39, 0.29) is 0 Å². The molecular formula is C10H12BrN3OS2. The van der Waals surface area contributed by atoms with Crippen molar-refractivity contribution in [1.29, 1.82) is 0 Å². The van der Waals surface area contributed by atoms with Gasteiger partial charge in [-0.25, -0.2) is 0 Å². The first-order valence-corrected chi connectivity index (χ1v) is 7.50. The first-order valence-electron chi connectivity index (χ1n) is 5.07. The van der Waals surface area contributed by atoms with Crippen LogP contribution < -0.4 is 5.32 Å². The van der Waals surface area contributed by atoms with E-state index in [1.807, 2.05) is 6.07 Å². The zero-order valence-electron chi connectivity index (χ0n) is 9.27. The number of halogens is 1. The molecule has 0 bridgehead atoms. The highest BCUT2D eigenvalue weighted by Crippen LogP contribution is 2.32. The second-order valence-corrected chi connectivity index (χ2v) is 6.80. The van der Waals surface area contributed by atoms with Gasteiger partial charge in [0.1, 0.15) is 5.01 Å². The first-order chi connectivity index (χ1) is 8.29. The summed E-state index contributed by atoms with van der Waals surface area (Å²) in [5.41, 5.74) is 0. The number of nitrogens with one attached hydrogen (secondary N) is 1. The average molecular weight is 334 g/mol. The quantitative estimate of drug-likeness (QED) is 0.826. The third kappa shape index (κ3) is 3.82. The van der Waals surface area contributed by atoms with Crippen molar-refractivity contribution >= 4 is 38.6 Å². The van der Waals surface area contributed by atoms with Crippen LogP contribution in [0.15, 0.2) is 15.9 Å². The largest absolute Gasteiger partial charge is 0.383 e. The predicted octanol–water partition coefficient (Wildman–Crippen LogP) is 2.77. The van der Waals surface area contributed by atoms with Crippen LogP contribution >= 0.6 is 38.6 Å². The lowest BCUT2D eigenvalue weighted by Gasteiger charge is -1.99. The lowest BCUT2D eigenvalue weighted by atomic mass is 10.5. The van der Waals surface area contributed by atoms with E-state index < -0.39 is 0 Å². The summed E-state index contributed by atoms with van der Waals surface area (Å²) >= 11 is 6.74. The molecule has 2 heterocycles. The van der Waals surface area contributed by atoms with Crippen molar-refractivity contribution in [2.45, 2.75) is 6.54 Å². The molecule has 0 spiro atoms. The van der Waals surface area contributed by atoms with Gasteiger partial charge in [-0.2, -0.15) is 0 Å². The van der Waals surface area contributed by atoms with E-state index >= 15 is 0 Å². The van der Waals surface area contributed by atoms with E-state index in [0.717, 1.165) is 31.8 Å². The number of nitrogens with zero attached hydrogens (tertiary/aromatic N) is 2. The summed E-state index contributed by atoms with van der Waals surface area (Å²) in [6, 6.07) is 4.08. The van der Waals surface area contributed by atoms with E-state index in [4.69, 9.17) is 4.74 Å². The number of hydrogen-bond donors (Lipinski definition) is 1. The topological polar surface area (TPSA) is 47.0 Å². The Labute approximate surface area is 116 Å². The molecule has 2 aromatic rings. The van der Waals surface area contributed by atoms with Crippen LogP contribution in [0.2, 0.25) is 0 Å². The third-order valence-electron chi connectivity index (χ3n) is 2.01. The van der Waals surface area contributed by atoms with E-state index in [1.54, 1.807) is 29.8 Å². The molecule has 0 unspecified atom stereocenters. The third-order valence-corrected chi connectivity index (χ3v) is 4.73. The summed E-state index contributed by atoms with van der Waals surface area (Å²) in [5, 5.41) is 13.6. The summed E-state index contributed by atoms with van der Waals surface area (Å²) in [6.07, 6.45) is 0. The Bertz CT molecular complexity index is 472. The number of methoxy groups -OCH3 is 1. The Morgan fingerprint density at radius 1 is 1.35 bits per heavy atom. The van der Waals surface area contributed by atoms with Gasteiger partial charge in [-0.3, -0.25) is 0 Å². The van der Waals surface area contributed by atoms with Crippen molar-refractivity contribution in [2.24, 2.45) is 0 Å². The Kier molecular flexibility index (Phi) is 5.05. The number of hydrogen-bond acceptors (Lipinski definition) is 6. The standard InChI is InChI=1S/C10H12BrN3OS2/c1-15-5-4-12-6-9-13-14-10(17-9)7-2-3-8(11)16-7/h2-3,12H,4-6H2,1H3. The molecular weight excluding hydrogens is 322 g/mol. The molecule has 2 aromatic heterocycles. The van der Waals surface area contributed by atoms with E-state index in [0.29, 0.717) is 6.61 Å². The van der Waals surface area contributed by atoms with Crippen LogP contribution in [0.25, 0.3) is 9.88 Å². The average Bonchev–Trinajstić information content (AvgIpc) is 2.93. The Hall–Kier alpha value is -0.340. The molecule has 0 atom stereocenters. The van der Waals surface area contributed by atoms with Crippen LogP contribution in [0.1, 0.15) is 5.01 Å². The fourth-order valence-electron chi connectivity index (χ4n) is 1.22. The van der Waals surface area contributed by atoms with Crippen LogP contribution in [0, 0.1) is 0 Å². The molecule has 0 saturated carbocycles. The molecule has 2 rings (SSSR count). The minimum Gasteiger partial charge on any atom is -0.383 e. The van der Waals surface area contributed by atoms with E-state index in [2.05, 4.69) is 37.5 Å². The maximum absolute atomic E-state index is 4.96. The van der Waals surface area contributed by atoms with Gasteiger partial charge in [-0.15, -0.1) is 21.5 Å². The van der Waals surface area contributed by atoms with Gasteiger partial charge >= 0.3 is 0 Å². The highest BCUT2D eigenvalue weighted by atomic mass is 79.9. The molecule has 0 amide bonds. The molecule has 4 nitrogen and oxygen atoms in total. The van der Waals surface area contributed by atoms with Gasteiger partial charge in [0.25, 0.3) is 0 Å². The number of rotatable bonds is 6. The number of ether oxygens (including phenoxy) is 1. The molecule has 7 heteroatoms. The summed E-state index contributed by atoms with van der Waals surface area (Å²) < 4.78 is 6.07. The monoisotopic (exact) mass is 333 g/mol.